The van der Waals surface area contributed by atoms with Crippen molar-refractivity contribution in [2.75, 3.05) is 5.32 Å². The van der Waals surface area contributed by atoms with Crippen LogP contribution in [0, 0.1) is 6.92 Å². The Morgan fingerprint density at radius 3 is 2.91 bits per heavy atom. The Morgan fingerprint density at radius 1 is 1.26 bits per heavy atom. The number of rotatable bonds is 4. The van der Waals surface area contributed by atoms with Gasteiger partial charge in [0.25, 0.3) is 0 Å². The number of carbonyl (C=O) groups excluding carboxylic acids is 2. The molecule has 6 heteroatoms. The van der Waals surface area contributed by atoms with Crippen molar-refractivity contribution >= 4 is 29.3 Å². The quantitative estimate of drug-likeness (QED) is 0.905. The van der Waals surface area contributed by atoms with Crippen LogP contribution in [0.3, 0.4) is 0 Å². The van der Waals surface area contributed by atoms with Gasteiger partial charge < -0.3 is 10.6 Å². The number of amides is 2. The predicted molar refractivity (Wildman–Crippen MR) is 90.2 cm³/mol. The highest BCUT2D eigenvalue weighted by Gasteiger charge is 2.28. The van der Waals surface area contributed by atoms with Crippen molar-refractivity contribution in [3.8, 4) is 0 Å². The van der Waals surface area contributed by atoms with Gasteiger partial charge in [-0.3, -0.25) is 14.6 Å². The molecule has 1 aliphatic rings. The van der Waals surface area contributed by atoms with E-state index in [1.165, 1.54) is 11.8 Å². The molecule has 2 amide bonds. The molecule has 3 rings (SSSR count). The number of aryl methyl sites for hydroxylation is 1. The van der Waals surface area contributed by atoms with Gasteiger partial charge in [0, 0.05) is 17.0 Å². The molecule has 0 fully saturated rings. The largest absolute Gasteiger partial charge is 0.350 e. The smallest absolute Gasteiger partial charge is 0.238 e. The lowest BCUT2D eigenvalue weighted by molar-refractivity contribution is -0.124. The lowest BCUT2D eigenvalue weighted by atomic mass is 10.2. The van der Waals surface area contributed by atoms with E-state index in [-0.39, 0.29) is 18.2 Å². The molecular weight excluding hydrogens is 310 g/mol. The molecule has 2 heterocycles. The Morgan fingerprint density at radius 2 is 2.09 bits per heavy atom. The summed E-state index contributed by atoms with van der Waals surface area (Å²) in [7, 11) is 0. The number of benzene rings is 1. The molecule has 0 spiro atoms. The number of hydrogen-bond acceptors (Lipinski definition) is 4. The van der Waals surface area contributed by atoms with Crippen molar-refractivity contribution in [1.82, 2.24) is 10.3 Å². The summed E-state index contributed by atoms with van der Waals surface area (Å²) in [6.07, 6.45) is 0.149. The molecular formula is C17H17N3O2S. The molecule has 1 atom stereocenters. The van der Waals surface area contributed by atoms with E-state index in [2.05, 4.69) is 15.6 Å². The topological polar surface area (TPSA) is 71.1 Å². The number of aromatic nitrogens is 1. The normalized spacial score (nSPS) is 16.4. The summed E-state index contributed by atoms with van der Waals surface area (Å²) in [5, 5.41) is 5.26. The number of carbonyl (C=O) groups is 2. The first-order valence-corrected chi connectivity index (χ1v) is 8.25. The fraction of sp³-hybridized carbons (Fsp3) is 0.235. The second kappa shape index (κ2) is 6.83. The summed E-state index contributed by atoms with van der Waals surface area (Å²) in [5.74, 6) is -0.280. The molecule has 5 nitrogen and oxygen atoms in total. The summed E-state index contributed by atoms with van der Waals surface area (Å²) in [4.78, 5) is 29.5. The molecule has 1 aliphatic heterocycles. The van der Waals surface area contributed by atoms with Crippen LogP contribution in [-0.4, -0.2) is 22.0 Å². The Labute approximate surface area is 138 Å². The Kier molecular flexibility index (Phi) is 4.62. The van der Waals surface area contributed by atoms with E-state index >= 15 is 0 Å². The molecule has 118 valence electrons. The number of hydrogen-bond donors (Lipinski definition) is 2. The van der Waals surface area contributed by atoms with E-state index < -0.39 is 5.25 Å². The minimum Gasteiger partial charge on any atom is -0.350 e. The van der Waals surface area contributed by atoms with Crippen LogP contribution in [-0.2, 0) is 16.1 Å². The van der Waals surface area contributed by atoms with Gasteiger partial charge in [0.1, 0.15) is 0 Å². The number of para-hydroxylation sites is 1. The fourth-order valence-electron chi connectivity index (χ4n) is 2.35. The first-order valence-electron chi connectivity index (χ1n) is 7.37. The first kappa shape index (κ1) is 15.6. The Bertz CT molecular complexity index is 748. The molecule has 23 heavy (non-hydrogen) atoms. The van der Waals surface area contributed by atoms with Crippen LogP contribution in [0.25, 0.3) is 0 Å². The lowest BCUT2D eigenvalue weighted by Crippen LogP contribution is -2.34. The maximum Gasteiger partial charge on any atom is 0.238 e. The second-order valence-corrected chi connectivity index (χ2v) is 6.59. The van der Waals surface area contributed by atoms with E-state index in [4.69, 9.17) is 0 Å². The first-order chi connectivity index (χ1) is 11.1. The van der Waals surface area contributed by atoms with Crippen LogP contribution < -0.4 is 10.6 Å². The lowest BCUT2D eigenvalue weighted by Gasteiger charge is -2.23. The zero-order valence-corrected chi connectivity index (χ0v) is 13.5. The van der Waals surface area contributed by atoms with Crippen molar-refractivity contribution < 1.29 is 9.59 Å². The number of thioether (sulfide) groups is 1. The van der Waals surface area contributed by atoms with Crippen LogP contribution in [0.1, 0.15) is 17.8 Å². The average Bonchev–Trinajstić information content (AvgIpc) is 2.54. The van der Waals surface area contributed by atoms with Crippen molar-refractivity contribution in [2.24, 2.45) is 0 Å². The third-order valence-electron chi connectivity index (χ3n) is 3.49. The highest BCUT2D eigenvalue weighted by Crippen LogP contribution is 2.36. The van der Waals surface area contributed by atoms with Crippen LogP contribution in [0.4, 0.5) is 5.69 Å². The molecule has 0 aliphatic carbocycles. The summed E-state index contributed by atoms with van der Waals surface area (Å²) >= 11 is 1.43. The molecule has 2 aromatic rings. The van der Waals surface area contributed by atoms with Gasteiger partial charge in [-0.05, 0) is 31.2 Å². The van der Waals surface area contributed by atoms with E-state index in [9.17, 15) is 9.59 Å². The van der Waals surface area contributed by atoms with Crippen molar-refractivity contribution in [1.29, 1.82) is 0 Å². The van der Waals surface area contributed by atoms with E-state index in [1.807, 2.05) is 49.4 Å². The highest BCUT2D eigenvalue weighted by molar-refractivity contribution is 8.01. The van der Waals surface area contributed by atoms with Crippen LogP contribution >= 0.6 is 11.8 Å². The third kappa shape index (κ3) is 3.90. The van der Waals surface area contributed by atoms with Gasteiger partial charge in [-0.2, -0.15) is 0 Å². The van der Waals surface area contributed by atoms with E-state index in [1.54, 1.807) is 0 Å². The third-order valence-corrected chi connectivity index (χ3v) is 4.77. The van der Waals surface area contributed by atoms with Crippen molar-refractivity contribution in [3.05, 3.63) is 53.9 Å². The molecule has 0 radical (unpaired) electrons. The molecule has 0 saturated carbocycles. The summed E-state index contributed by atoms with van der Waals surface area (Å²) in [5.41, 5.74) is 2.53. The number of fused-ring (bicyclic) bond motifs is 1. The summed E-state index contributed by atoms with van der Waals surface area (Å²) < 4.78 is 0. The van der Waals surface area contributed by atoms with Crippen LogP contribution in [0.15, 0.2) is 47.4 Å². The minimum absolute atomic E-state index is 0.127. The zero-order valence-electron chi connectivity index (χ0n) is 12.7. The van der Waals surface area contributed by atoms with E-state index in [0.29, 0.717) is 6.54 Å². The molecule has 0 bridgehead atoms. The van der Waals surface area contributed by atoms with Gasteiger partial charge >= 0.3 is 0 Å². The zero-order chi connectivity index (χ0) is 16.2. The monoisotopic (exact) mass is 327 g/mol. The van der Waals surface area contributed by atoms with Gasteiger partial charge in [0.15, 0.2) is 0 Å². The molecule has 1 aromatic heterocycles. The Balaban J connectivity index is 1.57. The molecule has 1 unspecified atom stereocenters. The molecule has 0 saturated heterocycles. The number of anilines is 1. The molecule has 2 N–H and O–H groups in total. The maximum absolute atomic E-state index is 12.1. The fourth-order valence-corrected chi connectivity index (χ4v) is 3.47. The van der Waals surface area contributed by atoms with Gasteiger partial charge in [0.2, 0.25) is 11.8 Å². The Hall–Kier alpha value is -2.34. The summed E-state index contributed by atoms with van der Waals surface area (Å²) in [6, 6.07) is 13.3. The average molecular weight is 327 g/mol. The van der Waals surface area contributed by atoms with E-state index in [0.717, 1.165) is 22.0 Å². The van der Waals surface area contributed by atoms with Gasteiger partial charge in [0.05, 0.1) is 23.2 Å². The van der Waals surface area contributed by atoms with Crippen molar-refractivity contribution in [2.45, 2.75) is 30.0 Å². The maximum atomic E-state index is 12.1. The second-order valence-electron chi connectivity index (χ2n) is 5.34. The van der Waals surface area contributed by atoms with Crippen molar-refractivity contribution in [3.63, 3.8) is 0 Å². The number of pyridine rings is 1. The number of nitrogens with zero attached hydrogens (tertiary/aromatic N) is 1. The highest BCUT2D eigenvalue weighted by atomic mass is 32.2. The van der Waals surface area contributed by atoms with Crippen LogP contribution in [0.5, 0.6) is 0 Å². The van der Waals surface area contributed by atoms with Gasteiger partial charge in [-0.1, -0.05) is 18.2 Å². The summed E-state index contributed by atoms with van der Waals surface area (Å²) in [6.45, 7) is 2.28. The number of nitrogens with one attached hydrogen (secondary N) is 2. The van der Waals surface area contributed by atoms with Crippen LogP contribution in [0.2, 0.25) is 0 Å². The SMILES string of the molecule is Cc1cccc(CNC(=O)CC2Sc3ccccc3NC2=O)n1. The van der Waals surface area contributed by atoms with Gasteiger partial charge in [-0.15, -0.1) is 11.8 Å². The van der Waals surface area contributed by atoms with Gasteiger partial charge in [-0.25, -0.2) is 0 Å². The predicted octanol–water partition coefficient (Wildman–Crippen LogP) is 2.51. The molecule has 1 aromatic carbocycles. The standard InChI is InChI=1S/C17H17N3O2S/c1-11-5-4-6-12(19-11)10-18-16(21)9-15-17(22)20-13-7-2-3-8-14(13)23-15/h2-8,15H,9-10H2,1H3,(H,18,21)(H,20,22). The minimum atomic E-state index is -0.407.